The Morgan fingerprint density at radius 1 is 0.344 bits per heavy atom. The average Bonchev–Trinajstić information content (AvgIpc) is 3.29. The highest BCUT2D eigenvalue weighted by Gasteiger charge is 2.19. The van der Waals surface area contributed by atoms with Gasteiger partial charge in [-0.05, 0) is 70.6 Å². The van der Waals surface area contributed by atoms with Gasteiger partial charge in [-0.1, -0.05) is 239 Å². The number of allylic oxidation sites excluding steroid dienone is 17. The molecule has 0 spiro atoms. The van der Waals surface area contributed by atoms with Gasteiger partial charge in [-0.15, -0.1) is 0 Å². The number of hydrogen-bond donors (Lipinski definition) is 0. The molecule has 0 heterocycles. The Hall–Kier alpha value is -3.93. The third-order valence-electron chi connectivity index (χ3n) is 10.6. The summed E-state index contributed by atoms with van der Waals surface area (Å²) in [7, 11) is 0. The molecule has 0 aliphatic carbocycles. The number of esters is 3. The van der Waals surface area contributed by atoms with Crippen molar-refractivity contribution in [2.75, 3.05) is 13.2 Å². The second kappa shape index (κ2) is 51.7. The SMILES string of the molecule is CC/C=C\C/C=C\C/C=C\C/C=C\C/C=C\C/C=C\CCC(=O)OCC(COC(=O)C/C=C\C/C=C\C/C=C\CC)OC(=O)CCCCCCCCCCCCCCCCCCCC. The molecule has 0 saturated heterocycles. The van der Waals surface area contributed by atoms with Crippen LogP contribution in [0.5, 0.6) is 0 Å². The Morgan fingerprint density at radius 2 is 0.672 bits per heavy atom. The van der Waals surface area contributed by atoms with Gasteiger partial charge in [0.1, 0.15) is 13.2 Å². The van der Waals surface area contributed by atoms with Crippen molar-refractivity contribution in [1.82, 2.24) is 0 Å². The predicted octanol–water partition coefficient (Wildman–Crippen LogP) is 17.1. The van der Waals surface area contributed by atoms with Crippen molar-refractivity contribution >= 4 is 17.9 Å². The van der Waals surface area contributed by atoms with Crippen LogP contribution < -0.4 is 0 Å². The van der Waals surface area contributed by atoms with Crippen LogP contribution in [0.15, 0.2) is 109 Å². The van der Waals surface area contributed by atoms with Crippen LogP contribution in [0, 0.1) is 0 Å². The largest absolute Gasteiger partial charge is 0.462 e. The maximum Gasteiger partial charge on any atom is 0.309 e. The van der Waals surface area contributed by atoms with Gasteiger partial charge in [0.25, 0.3) is 0 Å². The van der Waals surface area contributed by atoms with E-state index in [1.807, 2.05) is 18.2 Å². The highest BCUT2D eigenvalue weighted by atomic mass is 16.6. The van der Waals surface area contributed by atoms with Crippen LogP contribution in [0.25, 0.3) is 0 Å². The van der Waals surface area contributed by atoms with Gasteiger partial charge in [-0.3, -0.25) is 14.4 Å². The van der Waals surface area contributed by atoms with Crippen molar-refractivity contribution in [1.29, 1.82) is 0 Å². The molecule has 0 N–H and O–H groups in total. The van der Waals surface area contributed by atoms with Gasteiger partial charge in [-0.2, -0.15) is 0 Å². The van der Waals surface area contributed by atoms with Crippen LogP contribution in [0.4, 0.5) is 0 Å². The second-order valence-electron chi connectivity index (χ2n) is 16.7. The summed E-state index contributed by atoms with van der Waals surface area (Å²) in [5.74, 6) is -1.15. The van der Waals surface area contributed by atoms with Crippen molar-refractivity contribution in [3.8, 4) is 0 Å². The van der Waals surface area contributed by atoms with E-state index in [-0.39, 0.29) is 38.0 Å². The first-order valence-corrected chi connectivity index (χ1v) is 25.9. The molecular weight excluding hydrogens is 793 g/mol. The van der Waals surface area contributed by atoms with E-state index in [4.69, 9.17) is 14.2 Å². The molecule has 0 bridgehead atoms. The number of unbranched alkanes of at least 4 members (excludes halogenated alkanes) is 17. The van der Waals surface area contributed by atoms with Gasteiger partial charge in [0.05, 0.1) is 6.42 Å². The number of carbonyl (C=O) groups excluding carboxylic acids is 3. The zero-order chi connectivity index (χ0) is 46.5. The fourth-order valence-corrected chi connectivity index (χ4v) is 6.76. The molecule has 0 aromatic carbocycles. The summed E-state index contributed by atoms with van der Waals surface area (Å²) in [6.07, 6.45) is 69.9. The van der Waals surface area contributed by atoms with E-state index in [1.165, 1.54) is 96.3 Å². The van der Waals surface area contributed by atoms with Crippen LogP contribution in [0.1, 0.15) is 220 Å². The highest BCUT2D eigenvalue weighted by Crippen LogP contribution is 2.15. The van der Waals surface area contributed by atoms with Crippen molar-refractivity contribution in [2.45, 2.75) is 226 Å². The molecule has 6 heteroatoms. The number of hydrogen-bond acceptors (Lipinski definition) is 6. The minimum Gasteiger partial charge on any atom is -0.462 e. The van der Waals surface area contributed by atoms with Gasteiger partial charge in [-0.25, -0.2) is 0 Å². The highest BCUT2D eigenvalue weighted by molar-refractivity contribution is 5.72. The molecule has 1 unspecified atom stereocenters. The molecule has 64 heavy (non-hydrogen) atoms. The topological polar surface area (TPSA) is 78.9 Å². The van der Waals surface area contributed by atoms with E-state index >= 15 is 0 Å². The Bertz CT molecular complexity index is 1340. The minimum absolute atomic E-state index is 0.120. The predicted molar refractivity (Wildman–Crippen MR) is 274 cm³/mol. The summed E-state index contributed by atoms with van der Waals surface area (Å²) >= 11 is 0. The molecule has 362 valence electrons. The van der Waals surface area contributed by atoms with E-state index in [9.17, 15) is 14.4 Å². The van der Waals surface area contributed by atoms with Crippen LogP contribution in [-0.4, -0.2) is 37.2 Å². The molecule has 0 aromatic rings. The Balaban J connectivity index is 4.47. The summed E-state index contributed by atoms with van der Waals surface area (Å²) in [6.45, 7) is 6.24. The van der Waals surface area contributed by atoms with Crippen LogP contribution >= 0.6 is 0 Å². The lowest BCUT2D eigenvalue weighted by atomic mass is 10.0. The van der Waals surface area contributed by atoms with E-state index in [1.54, 1.807) is 6.08 Å². The molecule has 0 aliphatic rings. The first-order valence-electron chi connectivity index (χ1n) is 25.9. The second-order valence-corrected chi connectivity index (χ2v) is 16.7. The lowest BCUT2D eigenvalue weighted by Gasteiger charge is -2.18. The Kier molecular flexibility index (Phi) is 48.5. The quantitative estimate of drug-likeness (QED) is 0.0262. The average molecular weight is 887 g/mol. The van der Waals surface area contributed by atoms with Gasteiger partial charge >= 0.3 is 17.9 Å². The summed E-state index contributed by atoms with van der Waals surface area (Å²) in [4.78, 5) is 37.8. The number of ether oxygens (including phenoxy) is 3. The first kappa shape index (κ1) is 60.1. The molecule has 0 amide bonds. The maximum absolute atomic E-state index is 12.8. The van der Waals surface area contributed by atoms with Crippen molar-refractivity contribution in [2.24, 2.45) is 0 Å². The van der Waals surface area contributed by atoms with E-state index in [0.29, 0.717) is 12.8 Å². The number of rotatable bonds is 45. The normalized spacial score (nSPS) is 13.0. The van der Waals surface area contributed by atoms with Crippen molar-refractivity contribution < 1.29 is 28.6 Å². The first-order chi connectivity index (χ1) is 31.5. The van der Waals surface area contributed by atoms with Crippen LogP contribution in [0.3, 0.4) is 0 Å². The third-order valence-corrected chi connectivity index (χ3v) is 10.6. The van der Waals surface area contributed by atoms with Gasteiger partial charge in [0.15, 0.2) is 6.10 Å². The van der Waals surface area contributed by atoms with Gasteiger partial charge in [0, 0.05) is 12.8 Å². The molecule has 0 aromatic heterocycles. The molecule has 0 radical (unpaired) electrons. The maximum atomic E-state index is 12.8. The zero-order valence-electron chi connectivity index (χ0n) is 41.3. The summed E-state index contributed by atoms with van der Waals surface area (Å²) in [5, 5.41) is 0. The third kappa shape index (κ3) is 49.1. The standard InChI is InChI=1S/C58H94O6/c1-4-7-10-13-16-19-21-23-25-27-29-31-32-34-36-39-42-45-48-51-57(60)63-54-55(53-62-56(59)50-47-44-41-38-18-15-12-9-6-3)64-58(61)52-49-46-43-40-37-35-33-30-28-26-24-22-20-17-14-11-8-5-2/h7,9-10,12,16,18-19,23,25,29,31,34,36,38,42,44-45,47,55H,4-6,8,11,13-15,17,20-22,24,26-28,30,32-33,35,37,39-41,43,46,48-54H2,1-3H3/b10-7-,12-9-,19-16-,25-23-,31-29-,36-34-,38-18-,45-42-,47-44-. The fourth-order valence-electron chi connectivity index (χ4n) is 6.76. The summed E-state index contributed by atoms with van der Waals surface area (Å²) < 4.78 is 16.6. The minimum atomic E-state index is -0.843. The lowest BCUT2D eigenvalue weighted by molar-refractivity contribution is -0.166. The monoisotopic (exact) mass is 887 g/mol. The molecule has 6 nitrogen and oxygen atoms in total. The Morgan fingerprint density at radius 3 is 1.06 bits per heavy atom. The smallest absolute Gasteiger partial charge is 0.309 e. The van der Waals surface area contributed by atoms with Gasteiger partial charge < -0.3 is 14.2 Å². The molecule has 1 atom stereocenters. The molecule has 0 saturated carbocycles. The van der Waals surface area contributed by atoms with E-state index < -0.39 is 12.1 Å². The molecule has 0 fully saturated rings. The zero-order valence-corrected chi connectivity index (χ0v) is 41.3. The van der Waals surface area contributed by atoms with E-state index in [2.05, 4.69) is 106 Å². The van der Waals surface area contributed by atoms with Crippen molar-refractivity contribution in [3.63, 3.8) is 0 Å². The molecule has 0 rings (SSSR count). The van der Waals surface area contributed by atoms with Gasteiger partial charge in [0.2, 0.25) is 0 Å². The summed E-state index contributed by atoms with van der Waals surface area (Å²) in [5.41, 5.74) is 0. The lowest BCUT2D eigenvalue weighted by Crippen LogP contribution is -2.30. The molecular formula is C58H94O6. The van der Waals surface area contributed by atoms with Crippen LogP contribution in [0.2, 0.25) is 0 Å². The fraction of sp³-hybridized carbons (Fsp3) is 0.638. The Labute approximate surface area is 393 Å². The van der Waals surface area contributed by atoms with Crippen molar-refractivity contribution in [3.05, 3.63) is 109 Å². The van der Waals surface area contributed by atoms with E-state index in [0.717, 1.165) is 77.0 Å². The van der Waals surface area contributed by atoms with Crippen LogP contribution in [-0.2, 0) is 28.6 Å². The number of carbonyl (C=O) groups is 3. The summed E-state index contributed by atoms with van der Waals surface area (Å²) in [6, 6.07) is 0. The molecule has 0 aliphatic heterocycles.